The molecule has 0 bridgehead atoms. The first-order chi connectivity index (χ1) is 8.49. The van der Waals surface area contributed by atoms with Gasteiger partial charge in [-0.2, -0.15) is 0 Å². The number of hydrogen-bond acceptors (Lipinski definition) is 5. The van der Waals surface area contributed by atoms with Gasteiger partial charge in [-0.25, -0.2) is 0 Å². The van der Waals surface area contributed by atoms with Gasteiger partial charge in [0.05, 0.1) is 13.7 Å². The number of methoxy groups -OCH3 is 1. The van der Waals surface area contributed by atoms with Crippen molar-refractivity contribution >= 4 is 21.9 Å². The molecule has 1 unspecified atom stereocenters. The molecule has 1 aromatic carbocycles. The number of esters is 1. The Kier molecular flexibility index (Phi) is 5.43. The minimum atomic E-state index is -0.810. The molecule has 100 valence electrons. The second-order valence-electron chi connectivity index (χ2n) is 3.68. The molecule has 0 amide bonds. The summed E-state index contributed by atoms with van der Waals surface area (Å²) >= 11 is 3.30. The van der Waals surface area contributed by atoms with Gasteiger partial charge in [0.25, 0.3) is 0 Å². The Balaban J connectivity index is 2.90. The summed E-state index contributed by atoms with van der Waals surface area (Å²) < 4.78 is 10.6. The van der Waals surface area contributed by atoms with E-state index in [2.05, 4.69) is 15.9 Å². The lowest BCUT2D eigenvalue weighted by Crippen LogP contribution is -2.34. The standard InChI is InChI=1S/C12H16BrNO4/c1-3-18-12(16)9(14)5-7-4-8(13)6-10(17-2)11(7)15/h4,6,9,15H,3,5,14H2,1-2H3. The highest BCUT2D eigenvalue weighted by atomic mass is 79.9. The van der Waals surface area contributed by atoms with Crippen molar-refractivity contribution in [1.29, 1.82) is 0 Å². The molecule has 0 aromatic heterocycles. The first-order valence-electron chi connectivity index (χ1n) is 5.47. The van der Waals surface area contributed by atoms with Gasteiger partial charge < -0.3 is 20.3 Å². The van der Waals surface area contributed by atoms with Crippen LogP contribution in [0, 0.1) is 0 Å². The maximum absolute atomic E-state index is 11.4. The van der Waals surface area contributed by atoms with E-state index in [-0.39, 0.29) is 18.8 Å². The van der Waals surface area contributed by atoms with E-state index < -0.39 is 12.0 Å². The molecule has 0 spiro atoms. The number of phenolic OH excluding ortho intramolecular Hbond substituents is 1. The number of rotatable bonds is 5. The van der Waals surface area contributed by atoms with Crippen molar-refractivity contribution in [2.24, 2.45) is 5.73 Å². The molecule has 5 nitrogen and oxygen atoms in total. The minimum Gasteiger partial charge on any atom is -0.504 e. The molecule has 1 atom stereocenters. The fourth-order valence-corrected chi connectivity index (χ4v) is 1.99. The maximum atomic E-state index is 11.4. The van der Waals surface area contributed by atoms with E-state index in [1.165, 1.54) is 7.11 Å². The molecular weight excluding hydrogens is 302 g/mol. The third kappa shape index (κ3) is 3.61. The van der Waals surface area contributed by atoms with Crippen molar-refractivity contribution in [1.82, 2.24) is 0 Å². The van der Waals surface area contributed by atoms with E-state index in [9.17, 15) is 9.90 Å². The van der Waals surface area contributed by atoms with E-state index >= 15 is 0 Å². The fraction of sp³-hybridized carbons (Fsp3) is 0.417. The molecule has 0 fully saturated rings. The van der Waals surface area contributed by atoms with Crippen molar-refractivity contribution in [2.45, 2.75) is 19.4 Å². The van der Waals surface area contributed by atoms with Gasteiger partial charge in [0, 0.05) is 16.5 Å². The van der Waals surface area contributed by atoms with E-state index in [0.29, 0.717) is 11.3 Å². The van der Waals surface area contributed by atoms with Crippen LogP contribution < -0.4 is 10.5 Å². The predicted octanol–water partition coefficient (Wildman–Crippen LogP) is 1.60. The number of carbonyl (C=O) groups is 1. The topological polar surface area (TPSA) is 81.8 Å². The number of carbonyl (C=O) groups excluding carboxylic acids is 1. The van der Waals surface area contributed by atoms with Crippen LogP contribution in [0.25, 0.3) is 0 Å². The van der Waals surface area contributed by atoms with Crippen molar-refractivity contribution in [3.8, 4) is 11.5 Å². The molecule has 0 aliphatic carbocycles. The minimum absolute atomic E-state index is 0.0135. The number of ether oxygens (including phenoxy) is 2. The van der Waals surface area contributed by atoms with E-state index in [1.54, 1.807) is 19.1 Å². The van der Waals surface area contributed by atoms with Gasteiger partial charge in [0.1, 0.15) is 6.04 Å². The lowest BCUT2D eigenvalue weighted by atomic mass is 10.1. The molecule has 1 rings (SSSR count). The zero-order chi connectivity index (χ0) is 13.7. The van der Waals surface area contributed by atoms with Crippen molar-refractivity contribution < 1.29 is 19.4 Å². The van der Waals surface area contributed by atoms with Crippen LogP contribution in [-0.2, 0) is 16.0 Å². The van der Waals surface area contributed by atoms with Gasteiger partial charge in [-0.3, -0.25) is 4.79 Å². The summed E-state index contributed by atoms with van der Waals surface area (Å²) in [5, 5.41) is 9.92. The number of nitrogens with two attached hydrogens (primary N) is 1. The maximum Gasteiger partial charge on any atom is 0.323 e. The summed E-state index contributed by atoms with van der Waals surface area (Å²) in [5.41, 5.74) is 6.23. The highest BCUT2D eigenvalue weighted by Crippen LogP contribution is 2.34. The Bertz CT molecular complexity index is 436. The molecule has 0 radical (unpaired) electrons. The van der Waals surface area contributed by atoms with Crippen molar-refractivity contribution in [3.63, 3.8) is 0 Å². The number of hydrogen-bond donors (Lipinski definition) is 2. The molecule has 0 saturated heterocycles. The van der Waals surface area contributed by atoms with E-state index in [0.717, 1.165) is 4.47 Å². The predicted molar refractivity (Wildman–Crippen MR) is 70.7 cm³/mol. The first-order valence-corrected chi connectivity index (χ1v) is 6.26. The molecule has 3 N–H and O–H groups in total. The largest absolute Gasteiger partial charge is 0.504 e. The van der Waals surface area contributed by atoms with Crippen LogP contribution in [0.1, 0.15) is 12.5 Å². The van der Waals surface area contributed by atoms with Crippen LogP contribution >= 0.6 is 15.9 Å². The van der Waals surface area contributed by atoms with Crippen LogP contribution in [0.4, 0.5) is 0 Å². The quantitative estimate of drug-likeness (QED) is 0.806. The van der Waals surface area contributed by atoms with E-state index in [4.69, 9.17) is 15.2 Å². The summed E-state index contributed by atoms with van der Waals surface area (Å²) in [6.07, 6.45) is 0.181. The molecule has 0 saturated carbocycles. The average molecular weight is 318 g/mol. The average Bonchev–Trinajstić information content (AvgIpc) is 2.33. The van der Waals surface area contributed by atoms with Gasteiger partial charge in [-0.15, -0.1) is 0 Å². The summed E-state index contributed by atoms with van der Waals surface area (Å²) in [6, 6.07) is 2.51. The monoisotopic (exact) mass is 317 g/mol. The van der Waals surface area contributed by atoms with Crippen molar-refractivity contribution in [3.05, 3.63) is 22.2 Å². The van der Waals surface area contributed by atoms with Gasteiger partial charge in [-0.1, -0.05) is 15.9 Å². The third-order valence-corrected chi connectivity index (χ3v) is 2.83. The Hall–Kier alpha value is -1.27. The summed E-state index contributed by atoms with van der Waals surface area (Å²) in [6.45, 7) is 1.99. The summed E-state index contributed by atoms with van der Waals surface area (Å²) in [5.74, 6) is -0.174. The third-order valence-electron chi connectivity index (χ3n) is 2.37. The fourth-order valence-electron chi connectivity index (χ4n) is 1.51. The summed E-state index contributed by atoms with van der Waals surface area (Å²) in [7, 11) is 1.45. The molecule has 0 aliphatic rings. The smallest absolute Gasteiger partial charge is 0.323 e. The van der Waals surface area contributed by atoms with Crippen LogP contribution in [0.5, 0.6) is 11.5 Å². The molecule has 0 heterocycles. The van der Waals surface area contributed by atoms with Gasteiger partial charge in [0.2, 0.25) is 0 Å². The molecule has 1 aromatic rings. The highest BCUT2D eigenvalue weighted by Gasteiger charge is 2.19. The number of benzene rings is 1. The second-order valence-corrected chi connectivity index (χ2v) is 4.59. The Morgan fingerprint density at radius 3 is 2.78 bits per heavy atom. The Morgan fingerprint density at radius 1 is 1.56 bits per heavy atom. The molecular formula is C12H16BrNO4. The molecule has 18 heavy (non-hydrogen) atoms. The van der Waals surface area contributed by atoms with Crippen LogP contribution in [0.2, 0.25) is 0 Å². The molecule has 0 aliphatic heterocycles. The summed E-state index contributed by atoms with van der Waals surface area (Å²) in [4.78, 5) is 11.4. The zero-order valence-corrected chi connectivity index (χ0v) is 11.9. The van der Waals surface area contributed by atoms with Crippen LogP contribution in [0.3, 0.4) is 0 Å². The highest BCUT2D eigenvalue weighted by molar-refractivity contribution is 9.10. The number of aromatic hydroxyl groups is 1. The number of halogens is 1. The lowest BCUT2D eigenvalue weighted by molar-refractivity contribution is -0.144. The van der Waals surface area contributed by atoms with Gasteiger partial charge in [-0.05, 0) is 19.1 Å². The Labute approximate surface area is 114 Å². The van der Waals surface area contributed by atoms with E-state index in [1.807, 2.05) is 0 Å². The van der Waals surface area contributed by atoms with Gasteiger partial charge in [0.15, 0.2) is 11.5 Å². The van der Waals surface area contributed by atoms with Crippen LogP contribution in [0.15, 0.2) is 16.6 Å². The zero-order valence-electron chi connectivity index (χ0n) is 10.3. The molecule has 6 heteroatoms. The first kappa shape index (κ1) is 14.8. The normalized spacial score (nSPS) is 12.0. The number of phenols is 1. The van der Waals surface area contributed by atoms with Crippen molar-refractivity contribution in [2.75, 3.05) is 13.7 Å². The van der Waals surface area contributed by atoms with Crippen LogP contribution in [-0.4, -0.2) is 30.8 Å². The second kappa shape index (κ2) is 6.61. The Morgan fingerprint density at radius 2 is 2.22 bits per heavy atom. The SMILES string of the molecule is CCOC(=O)C(N)Cc1cc(Br)cc(OC)c1O. The lowest BCUT2D eigenvalue weighted by Gasteiger charge is -2.13. The van der Waals surface area contributed by atoms with Gasteiger partial charge >= 0.3 is 5.97 Å².